The number of piperidine rings is 1. The number of hydrogen-bond acceptors (Lipinski definition) is 3. The minimum atomic E-state index is 0.890. The van der Waals surface area contributed by atoms with Crippen molar-refractivity contribution in [3.8, 4) is 0 Å². The highest BCUT2D eigenvalue weighted by Crippen LogP contribution is 2.22. The predicted octanol–water partition coefficient (Wildman–Crippen LogP) is 1.21. The normalized spacial score (nSPS) is 34.1. The monoisotopic (exact) mass is 239 g/mol. The Morgan fingerprint density at radius 2 is 1.71 bits per heavy atom. The molecule has 0 saturated carbocycles. The van der Waals surface area contributed by atoms with E-state index < -0.39 is 0 Å². The Balaban J connectivity index is 1.77. The van der Waals surface area contributed by atoms with Gasteiger partial charge < -0.3 is 14.7 Å². The standard InChI is InChI=1S/C14H29N3/c1-4-16-10-13(2)9-14(11-16)12-17-7-5-15(3)6-8-17/h13-14H,4-12H2,1-3H3/t13-,14+/m0/s1. The SMILES string of the molecule is CCN1C[C@@H](C)C[C@@H](CN2CCN(C)CC2)C1. The maximum absolute atomic E-state index is 2.68. The molecule has 2 rings (SSSR count). The topological polar surface area (TPSA) is 9.72 Å². The molecule has 17 heavy (non-hydrogen) atoms. The minimum absolute atomic E-state index is 0.890. The van der Waals surface area contributed by atoms with E-state index in [1.54, 1.807) is 0 Å². The molecule has 0 aliphatic carbocycles. The summed E-state index contributed by atoms with van der Waals surface area (Å²) in [5.74, 6) is 1.79. The van der Waals surface area contributed by atoms with Crippen LogP contribution in [-0.2, 0) is 0 Å². The van der Waals surface area contributed by atoms with Crippen LogP contribution in [0.2, 0.25) is 0 Å². The van der Waals surface area contributed by atoms with Crippen LogP contribution in [0.4, 0.5) is 0 Å². The van der Waals surface area contributed by atoms with Gasteiger partial charge >= 0.3 is 0 Å². The number of nitrogens with zero attached hydrogens (tertiary/aromatic N) is 3. The van der Waals surface area contributed by atoms with E-state index in [-0.39, 0.29) is 0 Å². The van der Waals surface area contributed by atoms with Crippen molar-refractivity contribution in [3.63, 3.8) is 0 Å². The minimum Gasteiger partial charge on any atom is -0.304 e. The number of rotatable bonds is 3. The number of likely N-dealkylation sites (tertiary alicyclic amines) is 1. The molecule has 100 valence electrons. The summed E-state index contributed by atoms with van der Waals surface area (Å²) < 4.78 is 0. The molecule has 0 aromatic carbocycles. The predicted molar refractivity (Wildman–Crippen MR) is 73.3 cm³/mol. The van der Waals surface area contributed by atoms with Crippen LogP contribution in [0.3, 0.4) is 0 Å². The summed E-state index contributed by atoms with van der Waals surface area (Å²) >= 11 is 0. The average molecular weight is 239 g/mol. The van der Waals surface area contributed by atoms with Crippen molar-refractivity contribution < 1.29 is 0 Å². The maximum Gasteiger partial charge on any atom is 0.0110 e. The Hall–Kier alpha value is -0.120. The Bertz CT molecular complexity index is 224. The summed E-state index contributed by atoms with van der Waals surface area (Å²) in [4.78, 5) is 7.75. The lowest BCUT2D eigenvalue weighted by molar-refractivity contribution is 0.0829. The Kier molecular flexibility index (Phi) is 4.83. The van der Waals surface area contributed by atoms with Crippen molar-refractivity contribution in [1.82, 2.24) is 14.7 Å². The van der Waals surface area contributed by atoms with Gasteiger partial charge in [-0.15, -0.1) is 0 Å². The summed E-state index contributed by atoms with van der Waals surface area (Å²) in [5, 5.41) is 0. The third-order valence-electron chi connectivity index (χ3n) is 4.38. The molecule has 0 N–H and O–H groups in total. The zero-order valence-corrected chi connectivity index (χ0v) is 11.9. The fourth-order valence-electron chi connectivity index (χ4n) is 3.38. The first kappa shape index (κ1) is 13.3. The lowest BCUT2D eigenvalue weighted by Gasteiger charge is -2.40. The molecule has 2 fully saturated rings. The van der Waals surface area contributed by atoms with E-state index in [9.17, 15) is 0 Å². The van der Waals surface area contributed by atoms with Gasteiger partial charge in [-0.1, -0.05) is 13.8 Å². The van der Waals surface area contributed by atoms with Crippen LogP contribution in [0, 0.1) is 11.8 Å². The van der Waals surface area contributed by atoms with Crippen LogP contribution in [-0.4, -0.2) is 74.1 Å². The highest BCUT2D eigenvalue weighted by atomic mass is 15.2. The molecule has 2 aliphatic rings. The molecule has 2 aliphatic heterocycles. The first-order chi connectivity index (χ1) is 8.17. The fourth-order valence-corrected chi connectivity index (χ4v) is 3.38. The molecule has 2 atom stereocenters. The van der Waals surface area contributed by atoms with Gasteiger partial charge in [-0.2, -0.15) is 0 Å². The second-order valence-corrected chi connectivity index (χ2v) is 6.16. The van der Waals surface area contributed by atoms with Crippen molar-refractivity contribution in [3.05, 3.63) is 0 Å². The third kappa shape index (κ3) is 3.94. The average Bonchev–Trinajstić information content (AvgIpc) is 2.31. The molecule has 0 unspecified atom stereocenters. The van der Waals surface area contributed by atoms with Gasteiger partial charge in [-0.25, -0.2) is 0 Å². The molecule has 0 bridgehead atoms. The van der Waals surface area contributed by atoms with E-state index in [1.165, 1.54) is 58.8 Å². The molecule has 2 heterocycles. The second-order valence-electron chi connectivity index (χ2n) is 6.16. The number of piperazine rings is 1. The van der Waals surface area contributed by atoms with Crippen molar-refractivity contribution in [2.24, 2.45) is 11.8 Å². The molecule has 0 aromatic rings. The summed E-state index contributed by atoms with van der Waals surface area (Å²) in [6.07, 6.45) is 1.43. The first-order valence-electron chi connectivity index (χ1n) is 7.30. The summed E-state index contributed by atoms with van der Waals surface area (Å²) in [6.45, 7) is 14.9. The van der Waals surface area contributed by atoms with Crippen LogP contribution in [0.15, 0.2) is 0 Å². The quantitative estimate of drug-likeness (QED) is 0.733. The third-order valence-corrected chi connectivity index (χ3v) is 4.38. The van der Waals surface area contributed by atoms with E-state index in [0.717, 1.165) is 11.8 Å². The molecule has 0 radical (unpaired) electrons. The van der Waals surface area contributed by atoms with Crippen LogP contribution in [0.5, 0.6) is 0 Å². The number of hydrogen-bond donors (Lipinski definition) is 0. The van der Waals surface area contributed by atoms with Gasteiger partial charge in [-0.05, 0) is 31.8 Å². The van der Waals surface area contributed by atoms with E-state index in [2.05, 4.69) is 35.6 Å². The summed E-state index contributed by atoms with van der Waals surface area (Å²) in [6, 6.07) is 0. The van der Waals surface area contributed by atoms with Crippen molar-refractivity contribution in [2.75, 3.05) is 59.4 Å². The first-order valence-corrected chi connectivity index (χ1v) is 7.30. The molecular formula is C14H29N3. The molecule has 0 spiro atoms. The van der Waals surface area contributed by atoms with Crippen molar-refractivity contribution in [1.29, 1.82) is 0 Å². The van der Waals surface area contributed by atoms with Gasteiger partial charge in [0.15, 0.2) is 0 Å². The summed E-state index contributed by atoms with van der Waals surface area (Å²) in [5.41, 5.74) is 0. The second kappa shape index (κ2) is 6.17. The van der Waals surface area contributed by atoms with E-state index in [4.69, 9.17) is 0 Å². The molecule has 3 heteroatoms. The van der Waals surface area contributed by atoms with E-state index in [1.807, 2.05) is 0 Å². The Morgan fingerprint density at radius 3 is 2.35 bits per heavy atom. The zero-order valence-electron chi connectivity index (χ0n) is 11.9. The van der Waals surface area contributed by atoms with Gasteiger partial charge in [0.25, 0.3) is 0 Å². The van der Waals surface area contributed by atoms with Gasteiger partial charge in [0.2, 0.25) is 0 Å². The van der Waals surface area contributed by atoms with Crippen LogP contribution in [0.25, 0.3) is 0 Å². The molecule has 3 nitrogen and oxygen atoms in total. The molecule has 0 amide bonds. The van der Waals surface area contributed by atoms with Gasteiger partial charge in [0.05, 0.1) is 0 Å². The Labute approximate surface area is 107 Å². The number of likely N-dealkylation sites (N-methyl/N-ethyl adjacent to an activating group) is 1. The van der Waals surface area contributed by atoms with Gasteiger partial charge in [-0.3, -0.25) is 0 Å². The highest BCUT2D eigenvalue weighted by Gasteiger charge is 2.26. The van der Waals surface area contributed by atoms with Crippen LogP contribution in [0.1, 0.15) is 20.3 Å². The van der Waals surface area contributed by atoms with Crippen LogP contribution >= 0.6 is 0 Å². The highest BCUT2D eigenvalue weighted by molar-refractivity contribution is 4.80. The van der Waals surface area contributed by atoms with Crippen molar-refractivity contribution >= 4 is 0 Å². The molecule has 2 saturated heterocycles. The fraction of sp³-hybridized carbons (Fsp3) is 1.00. The maximum atomic E-state index is 2.68. The van der Waals surface area contributed by atoms with Crippen molar-refractivity contribution in [2.45, 2.75) is 20.3 Å². The van der Waals surface area contributed by atoms with Crippen LogP contribution < -0.4 is 0 Å². The largest absolute Gasteiger partial charge is 0.304 e. The molecular weight excluding hydrogens is 210 g/mol. The van der Waals surface area contributed by atoms with E-state index in [0.29, 0.717) is 0 Å². The lowest BCUT2D eigenvalue weighted by atomic mass is 9.90. The summed E-state index contributed by atoms with van der Waals surface area (Å²) in [7, 11) is 2.23. The zero-order chi connectivity index (χ0) is 12.3. The Morgan fingerprint density at radius 1 is 1.00 bits per heavy atom. The molecule has 0 aromatic heterocycles. The van der Waals surface area contributed by atoms with Gasteiger partial charge in [0, 0.05) is 45.8 Å². The van der Waals surface area contributed by atoms with Gasteiger partial charge in [0.1, 0.15) is 0 Å². The van der Waals surface area contributed by atoms with E-state index >= 15 is 0 Å². The smallest absolute Gasteiger partial charge is 0.0110 e. The lowest BCUT2D eigenvalue weighted by Crippen LogP contribution is -2.49.